The highest BCUT2D eigenvalue weighted by Crippen LogP contribution is 2.36. The lowest BCUT2D eigenvalue weighted by molar-refractivity contribution is 0.456. The molecule has 4 rings (SSSR count). The molecular weight excluding hydrogens is 326 g/mol. The SMILES string of the molecule is Cc1nccnc1N1CCC(N(c2cc(N(C)C)ncn2)C2CC2)CC1. The lowest BCUT2D eigenvalue weighted by Gasteiger charge is -2.40. The van der Waals surface area contributed by atoms with E-state index in [1.165, 1.54) is 12.8 Å². The molecule has 0 N–H and O–H groups in total. The zero-order chi connectivity index (χ0) is 18.1. The Bertz CT molecular complexity index is 751. The van der Waals surface area contributed by atoms with Crippen molar-refractivity contribution in [2.24, 2.45) is 0 Å². The van der Waals surface area contributed by atoms with Crippen molar-refractivity contribution < 1.29 is 0 Å². The van der Waals surface area contributed by atoms with Crippen LogP contribution in [0.25, 0.3) is 0 Å². The van der Waals surface area contributed by atoms with Gasteiger partial charge in [0.05, 0.1) is 5.69 Å². The van der Waals surface area contributed by atoms with Gasteiger partial charge in [-0.25, -0.2) is 15.0 Å². The molecule has 1 saturated heterocycles. The van der Waals surface area contributed by atoms with Gasteiger partial charge in [-0.3, -0.25) is 4.98 Å². The average molecular weight is 353 g/mol. The van der Waals surface area contributed by atoms with Crippen LogP contribution in [0.2, 0.25) is 0 Å². The normalized spacial score (nSPS) is 18.0. The van der Waals surface area contributed by atoms with E-state index >= 15 is 0 Å². The fourth-order valence-corrected chi connectivity index (χ4v) is 3.81. The topological polar surface area (TPSA) is 61.3 Å². The van der Waals surface area contributed by atoms with E-state index in [0.717, 1.165) is 49.1 Å². The van der Waals surface area contributed by atoms with Crippen molar-refractivity contribution in [2.75, 3.05) is 41.9 Å². The van der Waals surface area contributed by atoms with Crippen LogP contribution >= 0.6 is 0 Å². The van der Waals surface area contributed by atoms with Crippen LogP contribution in [0.15, 0.2) is 24.8 Å². The standard InChI is InChI=1S/C19H27N7/c1-14-19(21-9-8-20-14)25-10-6-16(7-11-25)26(15-4-5-15)18-12-17(24(2)3)22-13-23-18/h8-9,12-13,15-16H,4-7,10-11H2,1-3H3. The highest BCUT2D eigenvalue weighted by molar-refractivity contribution is 5.52. The molecule has 2 aliphatic rings. The maximum atomic E-state index is 4.60. The van der Waals surface area contributed by atoms with E-state index in [4.69, 9.17) is 0 Å². The molecule has 0 radical (unpaired) electrons. The Labute approximate surface area is 155 Å². The molecule has 0 atom stereocenters. The van der Waals surface area contributed by atoms with Crippen LogP contribution in [0.1, 0.15) is 31.4 Å². The smallest absolute Gasteiger partial charge is 0.150 e. The lowest BCUT2D eigenvalue weighted by atomic mass is 10.0. The van der Waals surface area contributed by atoms with E-state index in [9.17, 15) is 0 Å². The van der Waals surface area contributed by atoms with Gasteiger partial charge in [-0.05, 0) is 32.6 Å². The van der Waals surface area contributed by atoms with E-state index in [2.05, 4.69) is 35.8 Å². The van der Waals surface area contributed by atoms with Gasteiger partial charge < -0.3 is 14.7 Å². The Morgan fingerprint density at radius 1 is 0.885 bits per heavy atom. The molecule has 0 aromatic carbocycles. The van der Waals surface area contributed by atoms with Crippen LogP contribution in [0.5, 0.6) is 0 Å². The van der Waals surface area contributed by atoms with Gasteiger partial charge in [-0.15, -0.1) is 0 Å². The van der Waals surface area contributed by atoms with E-state index in [-0.39, 0.29) is 0 Å². The summed E-state index contributed by atoms with van der Waals surface area (Å²) in [6.07, 6.45) is 10.0. The highest BCUT2D eigenvalue weighted by atomic mass is 15.3. The van der Waals surface area contributed by atoms with Crippen molar-refractivity contribution in [3.8, 4) is 0 Å². The summed E-state index contributed by atoms with van der Waals surface area (Å²) < 4.78 is 0. The van der Waals surface area contributed by atoms with Crippen molar-refractivity contribution in [3.05, 3.63) is 30.5 Å². The second kappa shape index (κ2) is 7.05. The van der Waals surface area contributed by atoms with E-state index in [0.29, 0.717) is 12.1 Å². The molecule has 0 spiro atoms. The molecule has 26 heavy (non-hydrogen) atoms. The number of aromatic nitrogens is 4. The number of piperidine rings is 1. The molecule has 1 saturated carbocycles. The fourth-order valence-electron chi connectivity index (χ4n) is 3.81. The van der Waals surface area contributed by atoms with E-state index in [1.807, 2.05) is 25.9 Å². The Morgan fingerprint density at radius 3 is 2.19 bits per heavy atom. The third kappa shape index (κ3) is 3.43. The molecule has 7 nitrogen and oxygen atoms in total. The third-order valence-corrected chi connectivity index (χ3v) is 5.31. The van der Waals surface area contributed by atoms with E-state index < -0.39 is 0 Å². The first kappa shape index (κ1) is 17.0. The van der Waals surface area contributed by atoms with Gasteiger partial charge in [0, 0.05) is 57.7 Å². The molecule has 138 valence electrons. The molecule has 2 aromatic rings. The molecule has 3 heterocycles. The van der Waals surface area contributed by atoms with Gasteiger partial charge in [0.1, 0.15) is 23.8 Å². The minimum Gasteiger partial charge on any atom is -0.363 e. The van der Waals surface area contributed by atoms with Crippen LogP contribution in [-0.4, -0.2) is 59.2 Å². The van der Waals surface area contributed by atoms with Crippen molar-refractivity contribution in [1.82, 2.24) is 19.9 Å². The summed E-state index contributed by atoms with van der Waals surface area (Å²) in [5.41, 5.74) is 1.01. The minimum absolute atomic E-state index is 0.528. The second-order valence-electron chi connectivity index (χ2n) is 7.45. The number of anilines is 3. The van der Waals surface area contributed by atoms with Crippen LogP contribution in [-0.2, 0) is 0 Å². The molecule has 2 aromatic heterocycles. The molecular formula is C19H27N7. The van der Waals surface area contributed by atoms with Crippen molar-refractivity contribution in [2.45, 2.75) is 44.7 Å². The number of hydrogen-bond donors (Lipinski definition) is 0. The number of hydrogen-bond acceptors (Lipinski definition) is 7. The van der Waals surface area contributed by atoms with Crippen LogP contribution in [0, 0.1) is 6.92 Å². The van der Waals surface area contributed by atoms with Gasteiger partial charge in [0.25, 0.3) is 0 Å². The summed E-state index contributed by atoms with van der Waals surface area (Å²) in [6, 6.07) is 3.28. The Hall–Kier alpha value is -2.44. The first-order valence-corrected chi connectivity index (χ1v) is 9.44. The molecule has 1 aliphatic carbocycles. The second-order valence-corrected chi connectivity index (χ2v) is 7.45. The predicted octanol–water partition coefficient (Wildman–Crippen LogP) is 2.28. The van der Waals surface area contributed by atoms with Gasteiger partial charge >= 0.3 is 0 Å². The third-order valence-electron chi connectivity index (χ3n) is 5.31. The predicted molar refractivity (Wildman–Crippen MR) is 104 cm³/mol. The maximum Gasteiger partial charge on any atom is 0.150 e. The minimum atomic E-state index is 0.528. The van der Waals surface area contributed by atoms with E-state index in [1.54, 1.807) is 18.7 Å². The average Bonchev–Trinajstić information content (AvgIpc) is 3.48. The van der Waals surface area contributed by atoms with Gasteiger partial charge in [0.15, 0.2) is 0 Å². The number of aryl methyl sites for hydroxylation is 1. The summed E-state index contributed by atoms with van der Waals surface area (Å²) in [7, 11) is 4.05. The molecule has 0 bridgehead atoms. The highest BCUT2D eigenvalue weighted by Gasteiger charge is 2.37. The van der Waals surface area contributed by atoms with Crippen LogP contribution in [0.4, 0.5) is 17.5 Å². The van der Waals surface area contributed by atoms with Crippen molar-refractivity contribution in [3.63, 3.8) is 0 Å². The fraction of sp³-hybridized carbons (Fsp3) is 0.579. The molecule has 0 amide bonds. The largest absolute Gasteiger partial charge is 0.363 e. The van der Waals surface area contributed by atoms with Crippen LogP contribution < -0.4 is 14.7 Å². The summed E-state index contributed by atoms with van der Waals surface area (Å²) in [6.45, 7) is 4.06. The molecule has 7 heteroatoms. The maximum absolute atomic E-state index is 4.60. The summed E-state index contributed by atoms with van der Waals surface area (Å²) in [4.78, 5) is 24.8. The molecule has 2 fully saturated rings. The van der Waals surface area contributed by atoms with Crippen molar-refractivity contribution >= 4 is 17.5 Å². The van der Waals surface area contributed by atoms with Crippen LogP contribution in [0.3, 0.4) is 0 Å². The Kier molecular flexibility index (Phi) is 4.61. The lowest BCUT2D eigenvalue weighted by Crippen LogP contribution is -2.47. The summed E-state index contributed by atoms with van der Waals surface area (Å²) >= 11 is 0. The monoisotopic (exact) mass is 353 g/mol. The summed E-state index contributed by atoms with van der Waals surface area (Å²) in [5, 5.41) is 0. The number of rotatable bonds is 5. The van der Waals surface area contributed by atoms with Gasteiger partial charge in [-0.1, -0.05) is 0 Å². The first-order valence-electron chi connectivity index (χ1n) is 9.44. The first-order chi connectivity index (χ1) is 12.6. The van der Waals surface area contributed by atoms with Gasteiger partial charge in [0.2, 0.25) is 0 Å². The summed E-state index contributed by atoms with van der Waals surface area (Å²) in [5.74, 6) is 3.06. The number of nitrogens with zero attached hydrogens (tertiary/aromatic N) is 7. The quantitative estimate of drug-likeness (QED) is 0.817. The van der Waals surface area contributed by atoms with Crippen molar-refractivity contribution in [1.29, 1.82) is 0 Å². The zero-order valence-electron chi connectivity index (χ0n) is 15.8. The molecule has 0 unspecified atom stereocenters. The Morgan fingerprint density at radius 2 is 1.54 bits per heavy atom. The molecule has 1 aliphatic heterocycles. The zero-order valence-corrected chi connectivity index (χ0v) is 15.8. The van der Waals surface area contributed by atoms with Gasteiger partial charge in [-0.2, -0.15) is 0 Å². The Balaban J connectivity index is 1.50.